The van der Waals surface area contributed by atoms with Crippen LogP contribution in [-0.4, -0.2) is 62.8 Å². The van der Waals surface area contributed by atoms with Gasteiger partial charge in [-0.1, -0.05) is 0 Å². The summed E-state index contributed by atoms with van der Waals surface area (Å²) in [7, 11) is -2.36. The Morgan fingerprint density at radius 1 is 1.50 bits per heavy atom. The third kappa shape index (κ3) is 3.64. The van der Waals surface area contributed by atoms with Crippen LogP contribution in [0.2, 0.25) is 0 Å². The Hall–Kier alpha value is -1.49. The lowest BCUT2D eigenvalue weighted by molar-refractivity contribution is -0.138. The van der Waals surface area contributed by atoms with Gasteiger partial charge in [0.05, 0.1) is 31.5 Å². The Balaban J connectivity index is 2.15. The van der Waals surface area contributed by atoms with Crippen LogP contribution in [0.3, 0.4) is 0 Å². The molecule has 9 nitrogen and oxygen atoms in total. The number of morpholine rings is 1. The van der Waals surface area contributed by atoms with E-state index in [9.17, 15) is 13.2 Å². The first-order chi connectivity index (χ1) is 10.4. The number of ether oxygens (including phenoxy) is 1. The zero-order valence-electron chi connectivity index (χ0n) is 12.8. The average molecular weight is 331 g/mol. The van der Waals surface area contributed by atoms with Gasteiger partial charge in [-0.2, -0.15) is 18.2 Å². The summed E-state index contributed by atoms with van der Waals surface area (Å²) in [6.07, 6.45) is 0. The van der Waals surface area contributed by atoms with E-state index in [4.69, 9.17) is 4.74 Å². The molecule has 0 spiro atoms. The van der Waals surface area contributed by atoms with Crippen molar-refractivity contribution < 1.29 is 17.9 Å². The van der Waals surface area contributed by atoms with Crippen LogP contribution in [0, 0.1) is 13.8 Å². The number of aryl methyl sites for hydroxylation is 2. The van der Waals surface area contributed by atoms with Gasteiger partial charge in [-0.3, -0.25) is 9.89 Å². The highest BCUT2D eigenvalue weighted by Gasteiger charge is 2.32. The van der Waals surface area contributed by atoms with Crippen molar-refractivity contribution in [3.05, 3.63) is 17.0 Å². The molecule has 0 aliphatic carbocycles. The van der Waals surface area contributed by atoms with Gasteiger partial charge in [0.1, 0.15) is 0 Å². The van der Waals surface area contributed by atoms with E-state index in [2.05, 4.69) is 19.6 Å². The third-order valence-electron chi connectivity index (χ3n) is 3.65. The summed E-state index contributed by atoms with van der Waals surface area (Å²) in [5.41, 5.74) is 2.60. The quantitative estimate of drug-likeness (QED) is 0.638. The molecule has 0 radical (unpaired) electrons. The molecule has 0 aromatic carbocycles. The lowest BCUT2D eigenvalue weighted by atomic mass is 10.0. The molecule has 1 saturated heterocycles. The zero-order chi connectivity index (χ0) is 16.3. The molecule has 0 saturated carbocycles. The van der Waals surface area contributed by atoms with E-state index in [0.29, 0.717) is 19.8 Å². The number of aromatic nitrogens is 2. The molecule has 1 atom stereocenters. The molecule has 1 aliphatic rings. The summed E-state index contributed by atoms with van der Waals surface area (Å²) in [5.74, 6) is -0.299. The molecule has 22 heavy (non-hydrogen) atoms. The molecule has 3 N–H and O–H groups in total. The van der Waals surface area contributed by atoms with Crippen LogP contribution in [-0.2, 0) is 19.7 Å². The smallest absolute Gasteiger partial charge is 0.277 e. The van der Waals surface area contributed by atoms with Crippen LogP contribution in [0.5, 0.6) is 0 Å². The fourth-order valence-corrected chi connectivity index (χ4v) is 2.98. The fourth-order valence-electron chi connectivity index (χ4n) is 2.52. The monoisotopic (exact) mass is 331 g/mol. The number of rotatable bonds is 5. The Bertz CT molecular complexity index is 622. The van der Waals surface area contributed by atoms with E-state index in [1.54, 1.807) is 4.90 Å². The average Bonchev–Trinajstić information content (AvgIpc) is 2.84. The second-order valence-electron chi connectivity index (χ2n) is 5.05. The van der Waals surface area contributed by atoms with E-state index in [1.807, 2.05) is 13.8 Å². The summed E-state index contributed by atoms with van der Waals surface area (Å²) >= 11 is 0. The summed E-state index contributed by atoms with van der Waals surface area (Å²) in [4.78, 5) is 14.0. The molecule has 1 aliphatic heterocycles. The van der Waals surface area contributed by atoms with Crippen molar-refractivity contribution in [3.63, 3.8) is 0 Å². The highest BCUT2D eigenvalue weighted by molar-refractivity contribution is 7.87. The van der Waals surface area contributed by atoms with Crippen molar-refractivity contribution in [1.29, 1.82) is 0 Å². The maximum atomic E-state index is 12.4. The first-order valence-electron chi connectivity index (χ1n) is 6.92. The molecule has 1 amide bonds. The van der Waals surface area contributed by atoms with Crippen molar-refractivity contribution in [2.45, 2.75) is 19.9 Å². The van der Waals surface area contributed by atoms with Gasteiger partial charge in [0.2, 0.25) is 5.91 Å². The zero-order valence-corrected chi connectivity index (χ0v) is 13.7. The second kappa shape index (κ2) is 6.73. The number of nitrogens with zero attached hydrogens (tertiary/aromatic N) is 2. The van der Waals surface area contributed by atoms with Crippen molar-refractivity contribution in [1.82, 2.24) is 24.5 Å². The molecule has 2 heterocycles. The summed E-state index contributed by atoms with van der Waals surface area (Å²) in [5, 5.41) is 7.04. The van der Waals surface area contributed by atoms with Gasteiger partial charge in [0, 0.05) is 24.8 Å². The number of nitrogens with one attached hydrogen (secondary N) is 3. The number of H-pyrrole nitrogens is 1. The number of aromatic amines is 1. The number of carbonyl (C=O) groups is 1. The van der Waals surface area contributed by atoms with Crippen LogP contribution in [0.25, 0.3) is 0 Å². The molecule has 0 bridgehead atoms. The normalized spacial score (nSPS) is 19.4. The number of amides is 1. The van der Waals surface area contributed by atoms with Gasteiger partial charge in [0.15, 0.2) is 0 Å². The molecular weight excluding hydrogens is 310 g/mol. The molecule has 124 valence electrons. The van der Waals surface area contributed by atoms with Crippen LogP contribution in [0.4, 0.5) is 0 Å². The number of hydrogen-bond acceptors (Lipinski definition) is 5. The van der Waals surface area contributed by atoms with Gasteiger partial charge in [0.25, 0.3) is 10.2 Å². The van der Waals surface area contributed by atoms with Crippen LogP contribution >= 0.6 is 0 Å². The number of carbonyl (C=O) groups excluding carboxylic acids is 1. The van der Waals surface area contributed by atoms with Gasteiger partial charge in [-0.25, -0.2) is 4.72 Å². The lowest BCUT2D eigenvalue weighted by Crippen LogP contribution is -2.48. The first kappa shape index (κ1) is 16.9. The Morgan fingerprint density at radius 3 is 2.82 bits per heavy atom. The van der Waals surface area contributed by atoms with E-state index in [-0.39, 0.29) is 18.5 Å². The third-order valence-corrected chi connectivity index (χ3v) is 4.71. The minimum absolute atomic E-state index is 0.265. The molecule has 1 aromatic heterocycles. The van der Waals surface area contributed by atoms with E-state index in [1.165, 1.54) is 7.05 Å². The largest absolute Gasteiger partial charge is 0.377 e. The molecule has 1 aromatic rings. The molecular formula is C12H21N5O4S. The van der Waals surface area contributed by atoms with Crippen LogP contribution < -0.4 is 9.44 Å². The predicted octanol–water partition coefficient (Wildman–Crippen LogP) is -1.02. The minimum atomic E-state index is -3.64. The van der Waals surface area contributed by atoms with E-state index < -0.39 is 10.2 Å². The SMILES string of the molecule is CNS(=O)(=O)NCC(=O)N1CCOCC1c1c(C)n[nH]c1C. The summed E-state index contributed by atoms with van der Waals surface area (Å²) in [6, 6.07) is -0.265. The maximum absolute atomic E-state index is 12.4. The minimum Gasteiger partial charge on any atom is -0.377 e. The van der Waals surface area contributed by atoms with Crippen molar-refractivity contribution in [3.8, 4) is 0 Å². The maximum Gasteiger partial charge on any atom is 0.277 e. The molecule has 10 heteroatoms. The van der Waals surface area contributed by atoms with Crippen LogP contribution in [0.15, 0.2) is 0 Å². The van der Waals surface area contributed by atoms with Gasteiger partial charge in [-0.05, 0) is 13.8 Å². The Kier molecular flexibility index (Phi) is 5.16. The highest BCUT2D eigenvalue weighted by Crippen LogP contribution is 2.28. The van der Waals surface area contributed by atoms with Crippen molar-refractivity contribution >= 4 is 16.1 Å². The Morgan fingerprint density at radius 2 is 2.23 bits per heavy atom. The van der Waals surface area contributed by atoms with Crippen molar-refractivity contribution in [2.24, 2.45) is 0 Å². The standard InChI is InChI=1S/C12H21N5O4S/c1-8-12(9(2)16-15-8)10-7-21-5-4-17(10)11(18)6-14-22(19,20)13-3/h10,13-14H,4-7H2,1-3H3,(H,15,16). The highest BCUT2D eigenvalue weighted by atomic mass is 32.2. The molecule has 1 unspecified atom stereocenters. The van der Waals surface area contributed by atoms with E-state index >= 15 is 0 Å². The van der Waals surface area contributed by atoms with Crippen LogP contribution in [0.1, 0.15) is 23.0 Å². The van der Waals surface area contributed by atoms with Gasteiger partial charge in [-0.15, -0.1) is 0 Å². The van der Waals surface area contributed by atoms with E-state index in [0.717, 1.165) is 17.0 Å². The van der Waals surface area contributed by atoms with Gasteiger partial charge < -0.3 is 9.64 Å². The van der Waals surface area contributed by atoms with Gasteiger partial charge >= 0.3 is 0 Å². The fraction of sp³-hybridized carbons (Fsp3) is 0.667. The topological polar surface area (TPSA) is 116 Å². The number of hydrogen-bond donors (Lipinski definition) is 3. The summed E-state index contributed by atoms with van der Waals surface area (Å²) < 4.78 is 32.5. The molecule has 2 rings (SSSR count). The first-order valence-corrected chi connectivity index (χ1v) is 8.41. The lowest BCUT2D eigenvalue weighted by Gasteiger charge is -2.36. The second-order valence-corrected chi connectivity index (χ2v) is 6.76. The molecule has 1 fully saturated rings. The van der Waals surface area contributed by atoms with Crippen molar-refractivity contribution in [2.75, 3.05) is 33.4 Å². The Labute approximate surface area is 129 Å². The summed E-state index contributed by atoms with van der Waals surface area (Å²) in [6.45, 7) is 4.66. The predicted molar refractivity (Wildman–Crippen MR) is 79.3 cm³/mol.